The molecule has 1 rings (SSSR count). The van der Waals surface area contributed by atoms with Crippen molar-refractivity contribution in [2.24, 2.45) is 0 Å². The maximum absolute atomic E-state index is 13.0. The fourth-order valence-electron chi connectivity index (χ4n) is 1.64. The van der Waals surface area contributed by atoms with Gasteiger partial charge < -0.3 is 5.32 Å². The van der Waals surface area contributed by atoms with Crippen LogP contribution in [0.5, 0.6) is 0 Å². The smallest absolute Gasteiger partial charge is 0.159 e. The van der Waals surface area contributed by atoms with Crippen molar-refractivity contribution < 1.29 is 8.78 Å². The van der Waals surface area contributed by atoms with Crippen molar-refractivity contribution in [2.45, 2.75) is 26.7 Å². The van der Waals surface area contributed by atoms with E-state index in [9.17, 15) is 8.78 Å². The molecule has 0 bridgehead atoms. The van der Waals surface area contributed by atoms with E-state index in [1.54, 1.807) is 6.07 Å². The van der Waals surface area contributed by atoms with Gasteiger partial charge in [0.15, 0.2) is 11.6 Å². The first-order valence-corrected chi connectivity index (χ1v) is 5.93. The summed E-state index contributed by atoms with van der Waals surface area (Å²) in [7, 11) is 0. The van der Waals surface area contributed by atoms with Crippen LogP contribution in [0.25, 0.3) is 0 Å². The average Bonchev–Trinajstić information content (AvgIpc) is 2.30. The lowest BCUT2D eigenvalue weighted by molar-refractivity contribution is 0.507. The number of benzene rings is 1. The van der Waals surface area contributed by atoms with Gasteiger partial charge >= 0.3 is 0 Å². The van der Waals surface area contributed by atoms with E-state index in [2.05, 4.69) is 18.3 Å². The second kappa shape index (κ2) is 7.17. The molecule has 1 aromatic rings. The Bertz CT molecular complexity index is 386. The Morgan fingerprint density at radius 2 is 2.06 bits per heavy atom. The first kappa shape index (κ1) is 13.8. The van der Waals surface area contributed by atoms with E-state index in [0.29, 0.717) is 6.42 Å². The van der Waals surface area contributed by atoms with E-state index in [-0.39, 0.29) is 0 Å². The van der Waals surface area contributed by atoms with Crippen LogP contribution in [0, 0.1) is 11.6 Å². The van der Waals surface area contributed by atoms with Crippen LogP contribution in [0.2, 0.25) is 0 Å². The molecule has 0 fully saturated rings. The van der Waals surface area contributed by atoms with Crippen molar-refractivity contribution in [1.29, 1.82) is 0 Å². The largest absolute Gasteiger partial charge is 0.317 e. The quantitative estimate of drug-likeness (QED) is 0.592. The maximum Gasteiger partial charge on any atom is 0.159 e. The fraction of sp³-hybridized carbons (Fsp3) is 0.429. The zero-order valence-electron chi connectivity index (χ0n) is 10.4. The predicted molar refractivity (Wildman–Crippen MR) is 67.0 cm³/mol. The minimum absolute atomic E-state index is 0.670. The average molecular weight is 239 g/mol. The zero-order chi connectivity index (χ0) is 12.7. The lowest BCUT2D eigenvalue weighted by Gasteiger charge is -2.03. The maximum atomic E-state index is 13.0. The third kappa shape index (κ3) is 5.09. The molecule has 0 aliphatic heterocycles. The van der Waals surface area contributed by atoms with Crippen LogP contribution >= 0.6 is 0 Å². The van der Waals surface area contributed by atoms with Gasteiger partial charge in [0.1, 0.15) is 0 Å². The Morgan fingerprint density at radius 3 is 2.71 bits per heavy atom. The Labute approximate surface area is 102 Å². The van der Waals surface area contributed by atoms with Crippen LogP contribution < -0.4 is 5.32 Å². The molecule has 1 nitrogen and oxygen atoms in total. The number of allylic oxidation sites excluding steroid dienone is 1. The van der Waals surface area contributed by atoms with Crippen LogP contribution in [0.3, 0.4) is 0 Å². The Morgan fingerprint density at radius 1 is 1.29 bits per heavy atom. The molecular weight excluding hydrogens is 220 g/mol. The van der Waals surface area contributed by atoms with Gasteiger partial charge in [-0.15, -0.1) is 0 Å². The third-order valence-corrected chi connectivity index (χ3v) is 2.53. The van der Waals surface area contributed by atoms with Gasteiger partial charge in [-0.05, 0) is 50.6 Å². The topological polar surface area (TPSA) is 12.0 Å². The number of halogens is 2. The molecule has 0 aromatic heterocycles. The van der Waals surface area contributed by atoms with Gasteiger partial charge in [-0.1, -0.05) is 24.6 Å². The molecule has 0 atom stereocenters. The van der Waals surface area contributed by atoms with Crippen LogP contribution in [0.15, 0.2) is 29.8 Å². The first-order chi connectivity index (χ1) is 8.13. The summed E-state index contributed by atoms with van der Waals surface area (Å²) in [5, 5.41) is 3.23. The summed E-state index contributed by atoms with van der Waals surface area (Å²) >= 11 is 0. The van der Waals surface area contributed by atoms with E-state index >= 15 is 0 Å². The van der Waals surface area contributed by atoms with E-state index in [4.69, 9.17) is 0 Å². The summed E-state index contributed by atoms with van der Waals surface area (Å²) in [6.07, 6.45) is 3.76. The number of nitrogens with one attached hydrogen (secondary N) is 1. The highest BCUT2D eigenvalue weighted by atomic mass is 19.2. The molecule has 17 heavy (non-hydrogen) atoms. The summed E-state index contributed by atoms with van der Waals surface area (Å²) < 4.78 is 25.7. The SMILES string of the molecule is CCNCC/C=C(/C)Cc1ccc(F)c(F)c1. The van der Waals surface area contributed by atoms with E-state index in [0.717, 1.165) is 25.1 Å². The lowest BCUT2D eigenvalue weighted by Crippen LogP contribution is -2.13. The van der Waals surface area contributed by atoms with Gasteiger partial charge in [0.25, 0.3) is 0 Å². The lowest BCUT2D eigenvalue weighted by atomic mass is 10.1. The highest BCUT2D eigenvalue weighted by Gasteiger charge is 2.02. The predicted octanol–water partition coefficient (Wildman–Crippen LogP) is 3.45. The zero-order valence-corrected chi connectivity index (χ0v) is 10.4. The van der Waals surface area contributed by atoms with Gasteiger partial charge in [-0.25, -0.2) is 8.78 Å². The van der Waals surface area contributed by atoms with Gasteiger partial charge in [0, 0.05) is 0 Å². The van der Waals surface area contributed by atoms with Crippen LogP contribution in [0.4, 0.5) is 8.78 Å². The molecule has 0 aliphatic rings. The summed E-state index contributed by atoms with van der Waals surface area (Å²) in [5.74, 6) is -1.56. The van der Waals surface area contributed by atoms with Crippen molar-refractivity contribution >= 4 is 0 Å². The van der Waals surface area contributed by atoms with Crippen LogP contribution in [0.1, 0.15) is 25.8 Å². The Kier molecular flexibility index (Phi) is 5.84. The fourth-order valence-corrected chi connectivity index (χ4v) is 1.64. The molecule has 94 valence electrons. The van der Waals surface area contributed by atoms with Crippen LogP contribution in [-0.4, -0.2) is 13.1 Å². The van der Waals surface area contributed by atoms with E-state index in [1.165, 1.54) is 17.7 Å². The van der Waals surface area contributed by atoms with Crippen molar-refractivity contribution in [3.05, 3.63) is 47.0 Å². The second-order valence-electron chi connectivity index (χ2n) is 4.12. The molecule has 0 saturated carbocycles. The summed E-state index contributed by atoms with van der Waals surface area (Å²) in [4.78, 5) is 0. The van der Waals surface area contributed by atoms with Crippen LogP contribution in [-0.2, 0) is 6.42 Å². The Balaban J connectivity index is 2.49. The van der Waals surface area contributed by atoms with Crippen molar-refractivity contribution in [3.8, 4) is 0 Å². The molecule has 0 saturated heterocycles. The number of hydrogen-bond acceptors (Lipinski definition) is 1. The number of hydrogen-bond donors (Lipinski definition) is 1. The number of rotatable bonds is 6. The molecule has 0 amide bonds. The van der Waals surface area contributed by atoms with Gasteiger partial charge in [-0.3, -0.25) is 0 Å². The molecule has 0 radical (unpaired) electrons. The molecule has 0 aliphatic carbocycles. The second-order valence-corrected chi connectivity index (χ2v) is 4.12. The van der Waals surface area contributed by atoms with E-state index < -0.39 is 11.6 Å². The van der Waals surface area contributed by atoms with Gasteiger partial charge in [0.2, 0.25) is 0 Å². The van der Waals surface area contributed by atoms with E-state index in [1.807, 2.05) is 6.92 Å². The molecule has 0 heterocycles. The molecule has 0 unspecified atom stereocenters. The minimum atomic E-state index is -0.789. The van der Waals surface area contributed by atoms with Crippen molar-refractivity contribution in [2.75, 3.05) is 13.1 Å². The van der Waals surface area contributed by atoms with Crippen molar-refractivity contribution in [1.82, 2.24) is 5.32 Å². The third-order valence-electron chi connectivity index (χ3n) is 2.53. The molecule has 3 heteroatoms. The summed E-state index contributed by atoms with van der Waals surface area (Å²) in [5.41, 5.74) is 1.98. The Hall–Kier alpha value is -1.22. The summed E-state index contributed by atoms with van der Waals surface area (Å²) in [6.45, 7) is 5.99. The highest BCUT2D eigenvalue weighted by molar-refractivity contribution is 5.22. The standard InChI is InChI=1S/C14H19F2N/c1-3-17-8-4-5-11(2)9-12-6-7-13(15)14(16)10-12/h5-7,10,17H,3-4,8-9H2,1-2H3/b11-5-. The highest BCUT2D eigenvalue weighted by Crippen LogP contribution is 2.12. The monoisotopic (exact) mass is 239 g/mol. The minimum Gasteiger partial charge on any atom is -0.317 e. The first-order valence-electron chi connectivity index (χ1n) is 5.93. The van der Waals surface area contributed by atoms with Crippen molar-refractivity contribution in [3.63, 3.8) is 0 Å². The molecular formula is C14H19F2N. The molecule has 0 spiro atoms. The van der Waals surface area contributed by atoms with Gasteiger partial charge in [0.05, 0.1) is 0 Å². The normalized spacial score (nSPS) is 11.9. The molecule has 1 N–H and O–H groups in total. The molecule has 1 aromatic carbocycles. The summed E-state index contributed by atoms with van der Waals surface area (Å²) in [6, 6.07) is 4.06. The van der Waals surface area contributed by atoms with Gasteiger partial charge in [-0.2, -0.15) is 0 Å².